The van der Waals surface area contributed by atoms with Crippen LogP contribution in [-0.4, -0.2) is 12.5 Å². The van der Waals surface area contributed by atoms with Gasteiger partial charge in [-0.3, -0.25) is 4.79 Å². The highest BCUT2D eigenvalue weighted by atomic mass is 35.5. The van der Waals surface area contributed by atoms with Crippen LogP contribution in [0.2, 0.25) is 0 Å². The van der Waals surface area contributed by atoms with Crippen molar-refractivity contribution in [1.29, 1.82) is 0 Å². The topological polar surface area (TPSA) is 46.3 Å². The Balaban J connectivity index is 0.00000208. The summed E-state index contributed by atoms with van der Waals surface area (Å²) in [6, 6.07) is 12.4. The number of nitrogens with two attached hydrogens (primary N) is 1. The van der Waals surface area contributed by atoms with Gasteiger partial charge in [0, 0.05) is 16.5 Å². The lowest BCUT2D eigenvalue weighted by Gasteiger charge is -2.28. The second kappa shape index (κ2) is 8.65. The van der Waals surface area contributed by atoms with E-state index < -0.39 is 0 Å². The van der Waals surface area contributed by atoms with Gasteiger partial charge >= 0.3 is 0 Å². The maximum Gasteiger partial charge on any atom is 0.230 e. The normalized spacial score (nSPS) is 19.8. The van der Waals surface area contributed by atoms with Crippen LogP contribution in [0.4, 0.5) is 5.69 Å². The van der Waals surface area contributed by atoms with Gasteiger partial charge in [0.25, 0.3) is 0 Å². The minimum atomic E-state index is 0. The Kier molecular flexibility index (Phi) is 6.84. The Morgan fingerprint density at radius 3 is 2.62 bits per heavy atom. The van der Waals surface area contributed by atoms with E-state index in [-0.39, 0.29) is 24.2 Å². The second-order valence-electron chi connectivity index (χ2n) is 6.37. The Hall–Kier alpha value is -1.36. The standard InChI is InChI=1S/C19H24N2OS.ClH/c1-14-7-9-16(10-8-14)21(13-17-5-3-11-23-17)19(22)18-6-2-4-15(18)12-20;/h3,5,7-11,15,18H,2,4,6,12-13,20H2,1H3;1H/t15-,18-;/m1./s1. The van der Waals surface area contributed by atoms with Gasteiger partial charge in [-0.05, 0) is 55.8 Å². The molecule has 1 aromatic carbocycles. The molecule has 0 bridgehead atoms. The molecule has 1 aliphatic carbocycles. The van der Waals surface area contributed by atoms with Crippen molar-refractivity contribution in [2.24, 2.45) is 17.6 Å². The highest BCUT2D eigenvalue weighted by Gasteiger charge is 2.35. The van der Waals surface area contributed by atoms with Crippen molar-refractivity contribution in [3.63, 3.8) is 0 Å². The van der Waals surface area contributed by atoms with Crippen molar-refractivity contribution < 1.29 is 4.79 Å². The molecule has 2 N–H and O–H groups in total. The van der Waals surface area contributed by atoms with Crippen molar-refractivity contribution >= 4 is 35.3 Å². The van der Waals surface area contributed by atoms with E-state index in [9.17, 15) is 4.79 Å². The van der Waals surface area contributed by atoms with Crippen LogP contribution >= 0.6 is 23.7 Å². The summed E-state index contributed by atoms with van der Waals surface area (Å²) < 4.78 is 0. The number of rotatable bonds is 5. The molecule has 1 amide bonds. The van der Waals surface area contributed by atoms with E-state index in [2.05, 4.69) is 30.5 Å². The molecule has 1 aliphatic rings. The van der Waals surface area contributed by atoms with Crippen LogP contribution in [0.1, 0.15) is 29.7 Å². The molecule has 1 fully saturated rings. The number of benzene rings is 1. The van der Waals surface area contributed by atoms with Crippen LogP contribution in [-0.2, 0) is 11.3 Å². The molecule has 5 heteroatoms. The highest BCUT2D eigenvalue weighted by molar-refractivity contribution is 7.09. The molecular weight excluding hydrogens is 340 g/mol. The first kappa shape index (κ1) is 19.0. The van der Waals surface area contributed by atoms with Crippen LogP contribution in [0.25, 0.3) is 0 Å². The van der Waals surface area contributed by atoms with Crippen LogP contribution in [0.5, 0.6) is 0 Å². The van der Waals surface area contributed by atoms with Gasteiger partial charge < -0.3 is 10.6 Å². The minimum absolute atomic E-state index is 0. The summed E-state index contributed by atoms with van der Waals surface area (Å²) in [4.78, 5) is 16.4. The SMILES string of the molecule is Cc1ccc(N(Cc2cccs2)C(=O)[C@@H]2CCC[C@@H]2CN)cc1.Cl. The van der Waals surface area contributed by atoms with E-state index in [4.69, 9.17) is 5.73 Å². The molecule has 2 aromatic rings. The number of carbonyl (C=O) groups excluding carboxylic acids is 1. The van der Waals surface area contributed by atoms with Gasteiger partial charge in [-0.2, -0.15) is 0 Å². The second-order valence-corrected chi connectivity index (χ2v) is 7.40. The quantitative estimate of drug-likeness (QED) is 0.855. The average Bonchev–Trinajstić information content (AvgIpc) is 3.24. The molecule has 0 unspecified atom stereocenters. The molecule has 0 radical (unpaired) electrons. The maximum atomic E-state index is 13.2. The predicted octanol–water partition coefficient (Wildman–Crippen LogP) is 4.39. The number of carbonyl (C=O) groups is 1. The largest absolute Gasteiger partial charge is 0.330 e. The van der Waals surface area contributed by atoms with Crippen LogP contribution in [0.15, 0.2) is 41.8 Å². The number of hydrogen-bond donors (Lipinski definition) is 1. The molecule has 2 atom stereocenters. The zero-order valence-electron chi connectivity index (χ0n) is 14.0. The third kappa shape index (κ3) is 4.18. The summed E-state index contributed by atoms with van der Waals surface area (Å²) >= 11 is 1.70. The van der Waals surface area contributed by atoms with Gasteiger partial charge in [-0.15, -0.1) is 23.7 Å². The Bertz CT molecular complexity index is 642. The fraction of sp³-hybridized carbons (Fsp3) is 0.421. The van der Waals surface area contributed by atoms with Gasteiger partial charge in [0.15, 0.2) is 0 Å². The minimum Gasteiger partial charge on any atom is -0.330 e. The van der Waals surface area contributed by atoms with Crippen LogP contribution in [0.3, 0.4) is 0 Å². The van der Waals surface area contributed by atoms with Gasteiger partial charge in [0.05, 0.1) is 6.54 Å². The molecule has 1 aromatic heterocycles. The lowest BCUT2D eigenvalue weighted by Crippen LogP contribution is -2.38. The van der Waals surface area contributed by atoms with Crippen molar-refractivity contribution in [3.8, 4) is 0 Å². The zero-order valence-corrected chi connectivity index (χ0v) is 15.6. The molecule has 24 heavy (non-hydrogen) atoms. The van der Waals surface area contributed by atoms with E-state index in [1.165, 1.54) is 10.4 Å². The first-order valence-electron chi connectivity index (χ1n) is 8.29. The number of amides is 1. The molecular formula is C19H25ClN2OS. The highest BCUT2D eigenvalue weighted by Crippen LogP contribution is 2.34. The Morgan fingerprint density at radius 2 is 2.00 bits per heavy atom. The summed E-state index contributed by atoms with van der Waals surface area (Å²) in [5.41, 5.74) is 8.08. The molecule has 0 aliphatic heterocycles. The van der Waals surface area contributed by atoms with Crippen molar-refractivity contribution in [2.75, 3.05) is 11.4 Å². The van der Waals surface area contributed by atoms with Gasteiger partial charge in [0.2, 0.25) is 5.91 Å². The van der Waals surface area contributed by atoms with Crippen molar-refractivity contribution in [3.05, 3.63) is 52.2 Å². The number of halogens is 1. The Morgan fingerprint density at radius 1 is 1.25 bits per heavy atom. The molecule has 3 nitrogen and oxygen atoms in total. The number of aryl methyl sites for hydroxylation is 1. The van der Waals surface area contributed by atoms with Crippen molar-refractivity contribution in [1.82, 2.24) is 0 Å². The third-order valence-corrected chi connectivity index (χ3v) is 5.65. The third-order valence-electron chi connectivity index (χ3n) is 4.78. The van der Waals surface area contributed by atoms with E-state index in [1.807, 2.05) is 23.1 Å². The summed E-state index contributed by atoms with van der Waals surface area (Å²) in [6.07, 6.45) is 3.15. The first-order valence-corrected chi connectivity index (χ1v) is 9.17. The molecule has 1 heterocycles. The average molecular weight is 365 g/mol. The zero-order chi connectivity index (χ0) is 16.2. The molecule has 0 saturated heterocycles. The number of anilines is 1. The molecule has 1 saturated carbocycles. The van der Waals surface area contributed by atoms with Crippen LogP contribution < -0.4 is 10.6 Å². The lowest BCUT2D eigenvalue weighted by molar-refractivity contribution is -0.123. The number of thiophene rings is 1. The number of hydrogen-bond acceptors (Lipinski definition) is 3. The fourth-order valence-electron chi connectivity index (χ4n) is 3.42. The van der Waals surface area contributed by atoms with E-state index >= 15 is 0 Å². The first-order chi connectivity index (χ1) is 11.2. The van der Waals surface area contributed by atoms with E-state index in [0.29, 0.717) is 19.0 Å². The van der Waals surface area contributed by atoms with E-state index in [1.54, 1.807) is 11.3 Å². The van der Waals surface area contributed by atoms with Gasteiger partial charge in [-0.1, -0.05) is 30.2 Å². The van der Waals surface area contributed by atoms with Crippen LogP contribution in [0, 0.1) is 18.8 Å². The molecule has 0 spiro atoms. The lowest BCUT2D eigenvalue weighted by atomic mass is 9.94. The monoisotopic (exact) mass is 364 g/mol. The summed E-state index contributed by atoms with van der Waals surface area (Å²) in [5.74, 6) is 0.634. The fourth-order valence-corrected chi connectivity index (χ4v) is 4.12. The number of nitrogens with zero attached hydrogens (tertiary/aromatic N) is 1. The summed E-state index contributed by atoms with van der Waals surface area (Å²) in [7, 11) is 0. The van der Waals surface area contributed by atoms with Crippen molar-refractivity contribution in [2.45, 2.75) is 32.7 Å². The summed E-state index contributed by atoms with van der Waals surface area (Å²) in [6.45, 7) is 3.32. The smallest absolute Gasteiger partial charge is 0.230 e. The molecule has 130 valence electrons. The maximum absolute atomic E-state index is 13.2. The Labute approximate surface area is 154 Å². The molecule has 3 rings (SSSR count). The van der Waals surface area contributed by atoms with Gasteiger partial charge in [-0.25, -0.2) is 0 Å². The van der Waals surface area contributed by atoms with E-state index in [0.717, 1.165) is 24.9 Å². The predicted molar refractivity (Wildman–Crippen MR) is 104 cm³/mol. The summed E-state index contributed by atoms with van der Waals surface area (Å²) in [5, 5.41) is 2.06. The van der Waals surface area contributed by atoms with Gasteiger partial charge in [0.1, 0.15) is 0 Å².